The second-order valence-corrected chi connectivity index (χ2v) is 6.41. The van der Waals surface area contributed by atoms with E-state index in [1.807, 2.05) is 0 Å². The Morgan fingerprint density at radius 3 is 2.64 bits per heavy atom. The van der Waals surface area contributed by atoms with Gasteiger partial charge in [-0.15, -0.1) is 10.2 Å². The fourth-order valence-electron chi connectivity index (χ4n) is 2.93. The molecule has 0 unspecified atom stereocenters. The number of nitrogens with one attached hydrogen (secondary N) is 1. The quantitative estimate of drug-likeness (QED) is 0.875. The van der Waals surface area contributed by atoms with Crippen LogP contribution in [0.3, 0.4) is 0 Å². The molecule has 0 amide bonds. The Hall–Kier alpha value is -1.99. The summed E-state index contributed by atoms with van der Waals surface area (Å²) in [5.41, 5.74) is 0.774. The molecule has 1 aromatic heterocycles. The number of hydrogen-bond acceptors (Lipinski definition) is 5. The Morgan fingerprint density at radius 2 is 1.96 bits per heavy atom. The summed E-state index contributed by atoms with van der Waals surface area (Å²) in [4.78, 5) is 2.22. The van der Waals surface area contributed by atoms with Crippen molar-refractivity contribution >= 4 is 17.4 Å². The van der Waals surface area contributed by atoms with Gasteiger partial charge in [0.05, 0.1) is 7.11 Å². The Kier molecular flexibility index (Phi) is 5.65. The molecule has 0 spiro atoms. The van der Waals surface area contributed by atoms with E-state index in [4.69, 9.17) is 16.3 Å². The van der Waals surface area contributed by atoms with E-state index in [9.17, 15) is 8.78 Å². The number of anilines is 1. The highest BCUT2D eigenvalue weighted by Crippen LogP contribution is 2.26. The van der Waals surface area contributed by atoms with Gasteiger partial charge >= 0.3 is 0 Å². The predicted octanol–water partition coefficient (Wildman–Crippen LogP) is 3.49. The summed E-state index contributed by atoms with van der Waals surface area (Å²) in [5.74, 6) is -0.484. The van der Waals surface area contributed by atoms with Crippen molar-refractivity contribution in [1.82, 2.24) is 15.1 Å². The molecule has 8 heteroatoms. The fraction of sp³-hybridized carbons (Fsp3) is 0.412. The average Bonchev–Trinajstić information content (AvgIpc) is 2.61. The zero-order valence-corrected chi connectivity index (χ0v) is 14.6. The van der Waals surface area contributed by atoms with Crippen LogP contribution in [0.25, 0.3) is 0 Å². The van der Waals surface area contributed by atoms with Gasteiger partial charge in [0, 0.05) is 31.7 Å². The van der Waals surface area contributed by atoms with E-state index in [0.717, 1.165) is 31.5 Å². The number of piperidine rings is 1. The van der Waals surface area contributed by atoms with Crippen LogP contribution in [-0.4, -0.2) is 41.3 Å². The van der Waals surface area contributed by atoms with Crippen molar-refractivity contribution < 1.29 is 13.5 Å². The molecule has 1 aliphatic rings. The van der Waals surface area contributed by atoms with Gasteiger partial charge in [0.15, 0.2) is 28.4 Å². The number of aromatic nitrogens is 2. The topological polar surface area (TPSA) is 50.3 Å². The largest absolute Gasteiger partial charge is 0.493 e. The highest BCUT2D eigenvalue weighted by molar-refractivity contribution is 6.29. The fourth-order valence-corrected chi connectivity index (χ4v) is 3.07. The number of likely N-dealkylation sites (tertiary alicyclic amines) is 1. The lowest BCUT2D eigenvalue weighted by atomic mass is 10.0. The summed E-state index contributed by atoms with van der Waals surface area (Å²) >= 11 is 5.82. The molecule has 1 N–H and O–H groups in total. The lowest BCUT2D eigenvalue weighted by Gasteiger charge is -2.32. The first-order valence-corrected chi connectivity index (χ1v) is 8.43. The van der Waals surface area contributed by atoms with Crippen molar-refractivity contribution in [1.29, 1.82) is 0 Å². The molecule has 3 rings (SSSR count). The van der Waals surface area contributed by atoms with Crippen molar-refractivity contribution in [2.75, 3.05) is 25.5 Å². The highest BCUT2D eigenvalue weighted by Gasteiger charge is 2.21. The molecule has 0 saturated carbocycles. The molecule has 1 fully saturated rings. The number of hydrogen-bond donors (Lipinski definition) is 1. The monoisotopic (exact) mass is 368 g/mol. The van der Waals surface area contributed by atoms with Gasteiger partial charge in [0.25, 0.3) is 0 Å². The number of rotatable bonds is 5. The third-order valence-electron chi connectivity index (χ3n) is 4.27. The van der Waals surface area contributed by atoms with Crippen LogP contribution >= 0.6 is 11.6 Å². The lowest BCUT2D eigenvalue weighted by Crippen LogP contribution is -2.38. The Bertz CT molecular complexity index is 739. The number of methoxy groups -OCH3 is 1. The molecule has 1 aliphatic heterocycles. The molecule has 1 saturated heterocycles. The van der Waals surface area contributed by atoms with Gasteiger partial charge in [-0.05, 0) is 30.5 Å². The summed E-state index contributed by atoms with van der Waals surface area (Å²) in [6, 6.07) is 5.91. The maximum Gasteiger partial charge on any atom is 0.191 e. The predicted molar refractivity (Wildman–Crippen MR) is 91.9 cm³/mol. The molecule has 0 radical (unpaired) electrons. The third-order valence-corrected chi connectivity index (χ3v) is 4.45. The van der Waals surface area contributed by atoms with Crippen LogP contribution in [0.2, 0.25) is 5.15 Å². The molecule has 25 heavy (non-hydrogen) atoms. The third kappa shape index (κ3) is 4.55. The summed E-state index contributed by atoms with van der Waals surface area (Å²) < 4.78 is 31.6. The van der Waals surface area contributed by atoms with Gasteiger partial charge in [0.2, 0.25) is 0 Å². The Morgan fingerprint density at radius 1 is 1.20 bits per heavy atom. The number of halogens is 3. The van der Waals surface area contributed by atoms with E-state index in [1.165, 1.54) is 12.1 Å². The van der Waals surface area contributed by atoms with Crippen molar-refractivity contribution in [3.8, 4) is 5.75 Å². The maximum atomic E-state index is 13.3. The van der Waals surface area contributed by atoms with Crippen LogP contribution in [0, 0.1) is 11.6 Å². The normalized spacial score (nSPS) is 16.0. The first-order valence-electron chi connectivity index (χ1n) is 8.05. The van der Waals surface area contributed by atoms with E-state index in [1.54, 1.807) is 19.2 Å². The van der Waals surface area contributed by atoms with Crippen LogP contribution in [0.5, 0.6) is 5.75 Å². The van der Waals surface area contributed by atoms with Crippen LogP contribution in [-0.2, 0) is 6.54 Å². The molecule has 2 heterocycles. The van der Waals surface area contributed by atoms with Crippen molar-refractivity contribution in [2.24, 2.45) is 0 Å². The minimum atomic E-state index is -0.815. The lowest BCUT2D eigenvalue weighted by molar-refractivity contribution is 0.210. The zero-order valence-electron chi connectivity index (χ0n) is 13.8. The second-order valence-electron chi connectivity index (χ2n) is 6.03. The molecule has 5 nitrogen and oxygen atoms in total. The molecule has 0 atom stereocenters. The SMILES string of the molecule is COc1cc(Cl)nnc1NC1CCN(Cc2ccc(F)c(F)c2)CC1. The summed E-state index contributed by atoms with van der Waals surface area (Å²) in [6.07, 6.45) is 1.80. The van der Waals surface area contributed by atoms with Crippen LogP contribution < -0.4 is 10.1 Å². The maximum absolute atomic E-state index is 13.3. The van der Waals surface area contributed by atoms with E-state index in [0.29, 0.717) is 18.1 Å². The van der Waals surface area contributed by atoms with Gasteiger partial charge in [-0.1, -0.05) is 17.7 Å². The van der Waals surface area contributed by atoms with Gasteiger partial charge in [-0.25, -0.2) is 8.78 Å². The number of ether oxygens (including phenoxy) is 1. The van der Waals surface area contributed by atoms with Crippen molar-refractivity contribution in [3.63, 3.8) is 0 Å². The van der Waals surface area contributed by atoms with Gasteiger partial charge in [0.1, 0.15) is 0 Å². The van der Waals surface area contributed by atoms with Crippen LogP contribution in [0.1, 0.15) is 18.4 Å². The molecule has 134 valence electrons. The molecular weight excluding hydrogens is 350 g/mol. The molecule has 2 aromatic rings. The molecule has 0 aliphatic carbocycles. The summed E-state index contributed by atoms with van der Waals surface area (Å²) in [7, 11) is 1.56. The van der Waals surface area contributed by atoms with Gasteiger partial charge in [-0.3, -0.25) is 4.90 Å². The van der Waals surface area contributed by atoms with E-state index < -0.39 is 11.6 Å². The molecule has 1 aromatic carbocycles. The van der Waals surface area contributed by atoms with E-state index in [-0.39, 0.29) is 11.2 Å². The molecule has 0 bridgehead atoms. The Balaban J connectivity index is 1.54. The minimum absolute atomic E-state index is 0.241. The van der Waals surface area contributed by atoms with Crippen LogP contribution in [0.4, 0.5) is 14.6 Å². The summed E-state index contributed by atoms with van der Waals surface area (Å²) in [5, 5.41) is 11.5. The number of benzene rings is 1. The summed E-state index contributed by atoms with van der Waals surface area (Å²) in [6.45, 7) is 2.30. The minimum Gasteiger partial charge on any atom is -0.493 e. The number of nitrogens with zero attached hydrogens (tertiary/aromatic N) is 3. The Labute approximate surface area is 150 Å². The first kappa shape index (κ1) is 17.8. The first-order chi connectivity index (χ1) is 12.0. The second kappa shape index (κ2) is 7.93. The van der Waals surface area contributed by atoms with E-state index >= 15 is 0 Å². The van der Waals surface area contributed by atoms with Gasteiger partial charge in [-0.2, -0.15) is 0 Å². The molecular formula is C17H19ClF2N4O. The van der Waals surface area contributed by atoms with Crippen LogP contribution in [0.15, 0.2) is 24.3 Å². The van der Waals surface area contributed by atoms with Crippen molar-refractivity contribution in [2.45, 2.75) is 25.4 Å². The van der Waals surface area contributed by atoms with Crippen molar-refractivity contribution in [3.05, 3.63) is 46.6 Å². The van der Waals surface area contributed by atoms with E-state index in [2.05, 4.69) is 20.4 Å². The smallest absolute Gasteiger partial charge is 0.191 e. The zero-order chi connectivity index (χ0) is 17.8. The standard InChI is InChI=1S/C17H19ClF2N4O/c1-25-15-9-16(18)22-23-17(15)21-12-4-6-24(7-5-12)10-11-2-3-13(19)14(20)8-11/h2-3,8-9,12H,4-7,10H2,1H3,(H,21,23). The average molecular weight is 369 g/mol. The van der Waals surface area contributed by atoms with Gasteiger partial charge < -0.3 is 10.1 Å². The highest BCUT2D eigenvalue weighted by atomic mass is 35.5.